The van der Waals surface area contributed by atoms with Gasteiger partial charge in [-0.25, -0.2) is 9.07 Å². The molecule has 1 aliphatic heterocycles. The summed E-state index contributed by atoms with van der Waals surface area (Å²) in [6, 6.07) is 7.40. The summed E-state index contributed by atoms with van der Waals surface area (Å²) >= 11 is 0. The summed E-state index contributed by atoms with van der Waals surface area (Å²) in [6.45, 7) is 5.10. The molecule has 1 N–H and O–H groups in total. The summed E-state index contributed by atoms with van der Waals surface area (Å²) in [5.41, 5.74) is 4.47. The van der Waals surface area contributed by atoms with Crippen molar-refractivity contribution in [2.24, 2.45) is 5.41 Å². The Balaban J connectivity index is 1.81. The predicted molar refractivity (Wildman–Crippen MR) is 80.0 cm³/mol. The number of halogens is 1. The predicted octanol–water partition coefficient (Wildman–Crippen LogP) is 3.44. The number of nitrogens with zero attached hydrogens (tertiary/aromatic N) is 2. The fourth-order valence-electron chi connectivity index (χ4n) is 3.74. The maximum atomic E-state index is 13.6. The van der Waals surface area contributed by atoms with Crippen molar-refractivity contribution < 1.29 is 4.39 Å². The molecule has 0 bridgehead atoms. The second-order valence-corrected chi connectivity index (χ2v) is 6.58. The number of hydrogen-bond donors (Lipinski definition) is 1. The van der Waals surface area contributed by atoms with Crippen molar-refractivity contribution in [1.29, 1.82) is 0 Å². The lowest BCUT2D eigenvalue weighted by Gasteiger charge is -2.56. The first-order chi connectivity index (χ1) is 10.1. The van der Waals surface area contributed by atoms with Crippen molar-refractivity contribution in [3.05, 3.63) is 47.0 Å². The molecule has 4 rings (SSSR count). The Morgan fingerprint density at radius 3 is 2.71 bits per heavy atom. The maximum Gasteiger partial charge on any atom is 0.125 e. The van der Waals surface area contributed by atoms with Crippen LogP contribution in [-0.2, 0) is 0 Å². The zero-order valence-electron chi connectivity index (χ0n) is 12.5. The molecule has 1 aliphatic carbocycles. The Bertz CT molecular complexity index is 695. The van der Waals surface area contributed by atoms with E-state index in [0.717, 1.165) is 23.5 Å². The normalized spacial score (nSPS) is 22.9. The average Bonchev–Trinajstić information content (AvgIpc) is 2.71. The third-order valence-electron chi connectivity index (χ3n) is 5.17. The highest BCUT2D eigenvalue weighted by molar-refractivity contribution is 5.43. The molecule has 4 heteroatoms. The molecule has 21 heavy (non-hydrogen) atoms. The van der Waals surface area contributed by atoms with E-state index in [1.54, 1.807) is 6.07 Å². The second kappa shape index (κ2) is 4.41. The first-order valence-corrected chi connectivity index (χ1v) is 7.66. The SMILES string of the molecule is Cc1cc(C2NCC23CCC3)n(-c2cc(F)ccc2C)n1. The van der Waals surface area contributed by atoms with E-state index in [9.17, 15) is 4.39 Å². The van der Waals surface area contributed by atoms with E-state index in [1.165, 1.54) is 31.0 Å². The van der Waals surface area contributed by atoms with Crippen LogP contribution in [-0.4, -0.2) is 16.3 Å². The minimum atomic E-state index is -0.213. The number of aryl methyl sites for hydroxylation is 2. The Kier molecular flexibility index (Phi) is 2.73. The molecule has 1 saturated carbocycles. The summed E-state index contributed by atoms with van der Waals surface area (Å²) < 4.78 is 15.6. The number of benzene rings is 1. The summed E-state index contributed by atoms with van der Waals surface area (Å²) in [4.78, 5) is 0. The first-order valence-electron chi connectivity index (χ1n) is 7.66. The number of hydrogen-bond acceptors (Lipinski definition) is 2. The molecular formula is C17H20FN3. The minimum absolute atomic E-state index is 0.213. The van der Waals surface area contributed by atoms with Gasteiger partial charge >= 0.3 is 0 Å². The molecule has 1 aromatic heterocycles. The van der Waals surface area contributed by atoms with Gasteiger partial charge in [-0.05, 0) is 50.5 Å². The lowest BCUT2D eigenvalue weighted by atomic mass is 9.58. The van der Waals surface area contributed by atoms with E-state index in [0.29, 0.717) is 11.5 Å². The van der Waals surface area contributed by atoms with Gasteiger partial charge in [-0.2, -0.15) is 5.10 Å². The second-order valence-electron chi connectivity index (χ2n) is 6.58. The van der Waals surface area contributed by atoms with Gasteiger partial charge in [0.1, 0.15) is 5.82 Å². The van der Waals surface area contributed by atoms with Crippen LogP contribution in [0.5, 0.6) is 0 Å². The largest absolute Gasteiger partial charge is 0.307 e. The first kappa shape index (κ1) is 13.0. The highest BCUT2D eigenvalue weighted by atomic mass is 19.1. The van der Waals surface area contributed by atoms with Gasteiger partial charge in [-0.15, -0.1) is 0 Å². The summed E-state index contributed by atoms with van der Waals surface area (Å²) in [7, 11) is 0. The molecule has 3 nitrogen and oxygen atoms in total. The number of rotatable bonds is 2. The van der Waals surface area contributed by atoms with Gasteiger partial charge in [0.15, 0.2) is 0 Å². The lowest BCUT2D eigenvalue weighted by Crippen LogP contribution is -2.60. The maximum absolute atomic E-state index is 13.6. The van der Waals surface area contributed by atoms with Gasteiger partial charge in [0.2, 0.25) is 0 Å². The van der Waals surface area contributed by atoms with E-state index in [2.05, 4.69) is 16.5 Å². The average molecular weight is 285 g/mol. The molecule has 1 saturated heterocycles. The van der Waals surface area contributed by atoms with Crippen molar-refractivity contribution in [2.75, 3.05) is 6.54 Å². The van der Waals surface area contributed by atoms with Crippen LogP contribution < -0.4 is 5.32 Å². The summed E-state index contributed by atoms with van der Waals surface area (Å²) in [6.07, 6.45) is 3.90. The van der Waals surface area contributed by atoms with Crippen LogP contribution >= 0.6 is 0 Å². The van der Waals surface area contributed by atoms with Crippen molar-refractivity contribution in [2.45, 2.75) is 39.2 Å². The zero-order chi connectivity index (χ0) is 14.6. The molecule has 0 amide bonds. The van der Waals surface area contributed by atoms with Crippen molar-refractivity contribution >= 4 is 0 Å². The molecule has 2 fully saturated rings. The molecule has 2 heterocycles. The molecule has 2 aliphatic rings. The van der Waals surface area contributed by atoms with E-state index in [-0.39, 0.29) is 5.82 Å². The fraction of sp³-hybridized carbons (Fsp3) is 0.471. The molecule has 1 aromatic carbocycles. The molecule has 1 unspecified atom stereocenters. The molecule has 110 valence electrons. The van der Waals surface area contributed by atoms with Gasteiger partial charge in [0.05, 0.1) is 23.1 Å². The topological polar surface area (TPSA) is 29.9 Å². The summed E-state index contributed by atoms with van der Waals surface area (Å²) in [5, 5.41) is 8.18. The van der Waals surface area contributed by atoms with E-state index in [4.69, 9.17) is 0 Å². The van der Waals surface area contributed by atoms with E-state index < -0.39 is 0 Å². The molecule has 2 aromatic rings. The van der Waals surface area contributed by atoms with Crippen molar-refractivity contribution in [3.63, 3.8) is 0 Å². The highest BCUT2D eigenvalue weighted by Crippen LogP contribution is 2.55. The monoisotopic (exact) mass is 285 g/mol. The van der Waals surface area contributed by atoms with Crippen LogP contribution in [0.25, 0.3) is 5.69 Å². The van der Waals surface area contributed by atoms with Gasteiger partial charge < -0.3 is 5.32 Å². The quantitative estimate of drug-likeness (QED) is 0.916. The van der Waals surface area contributed by atoms with Crippen LogP contribution in [0.3, 0.4) is 0 Å². The smallest absolute Gasteiger partial charge is 0.125 e. The van der Waals surface area contributed by atoms with E-state index in [1.807, 2.05) is 24.6 Å². The Morgan fingerprint density at radius 2 is 2.10 bits per heavy atom. The molecular weight excluding hydrogens is 265 g/mol. The summed E-state index contributed by atoms with van der Waals surface area (Å²) in [5.74, 6) is -0.213. The van der Waals surface area contributed by atoms with Crippen LogP contribution in [0.4, 0.5) is 4.39 Å². The zero-order valence-corrected chi connectivity index (χ0v) is 12.5. The van der Waals surface area contributed by atoms with Gasteiger partial charge in [-0.1, -0.05) is 12.5 Å². The van der Waals surface area contributed by atoms with Crippen molar-refractivity contribution in [1.82, 2.24) is 15.1 Å². The van der Waals surface area contributed by atoms with Gasteiger partial charge in [-0.3, -0.25) is 0 Å². The minimum Gasteiger partial charge on any atom is -0.307 e. The molecule has 0 radical (unpaired) electrons. The lowest BCUT2D eigenvalue weighted by molar-refractivity contribution is -0.00888. The fourth-order valence-corrected chi connectivity index (χ4v) is 3.74. The third-order valence-corrected chi connectivity index (χ3v) is 5.17. The van der Waals surface area contributed by atoms with Crippen LogP contribution in [0.2, 0.25) is 0 Å². The highest BCUT2D eigenvalue weighted by Gasteiger charge is 2.52. The van der Waals surface area contributed by atoms with Gasteiger partial charge in [0, 0.05) is 12.0 Å². The standard InChI is InChI=1S/C17H20FN3/c1-11-4-5-13(18)9-14(11)21-15(8-12(2)20-21)16-17(10-19-16)6-3-7-17/h4-5,8-9,16,19H,3,6-7,10H2,1-2H3. The van der Waals surface area contributed by atoms with Crippen LogP contribution in [0.15, 0.2) is 24.3 Å². The Morgan fingerprint density at radius 1 is 1.29 bits per heavy atom. The Hall–Kier alpha value is -1.68. The molecule has 1 atom stereocenters. The van der Waals surface area contributed by atoms with E-state index >= 15 is 0 Å². The van der Waals surface area contributed by atoms with Crippen LogP contribution in [0.1, 0.15) is 42.3 Å². The van der Waals surface area contributed by atoms with Crippen molar-refractivity contribution in [3.8, 4) is 5.69 Å². The molecule has 1 spiro atoms. The number of nitrogens with one attached hydrogen (secondary N) is 1. The Labute approximate surface area is 124 Å². The van der Waals surface area contributed by atoms with Gasteiger partial charge in [0.25, 0.3) is 0 Å². The third kappa shape index (κ3) is 1.85. The van der Waals surface area contributed by atoms with Crippen LogP contribution in [0, 0.1) is 25.1 Å². The number of aromatic nitrogens is 2.